The van der Waals surface area contributed by atoms with Gasteiger partial charge in [0, 0.05) is 64.7 Å². The van der Waals surface area contributed by atoms with Crippen molar-refractivity contribution >= 4 is 11.8 Å². The van der Waals surface area contributed by atoms with Crippen LogP contribution in [0.3, 0.4) is 0 Å². The number of amides is 2. The van der Waals surface area contributed by atoms with Gasteiger partial charge in [-0.25, -0.2) is 0 Å². The number of nitrogens with zero attached hydrogens (tertiary/aromatic N) is 3. The first-order valence-corrected chi connectivity index (χ1v) is 11.1. The monoisotopic (exact) mass is 398 g/mol. The van der Waals surface area contributed by atoms with Crippen LogP contribution in [0.4, 0.5) is 0 Å². The van der Waals surface area contributed by atoms with Gasteiger partial charge in [0.25, 0.3) is 0 Å². The number of likely N-dealkylation sites (tertiary alicyclic amines) is 1. The molecule has 2 amide bonds. The van der Waals surface area contributed by atoms with Crippen LogP contribution in [0.15, 0.2) is 24.3 Å². The first kappa shape index (κ1) is 20.4. The molecular formula is C23H34N4O2. The summed E-state index contributed by atoms with van der Waals surface area (Å²) in [6, 6.07) is 8.33. The molecule has 0 saturated carbocycles. The summed E-state index contributed by atoms with van der Waals surface area (Å²) in [7, 11) is 0. The SMILES string of the molecule is CC(C)CC(=O)N1Cc2ccccc2CC1C(=O)N1CCC(N2CCNCC2)C1. The fourth-order valence-corrected chi connectivity index (χ4v) is 4.97. The number of carbonyl (C=O) groups excluding carboxylic acids is 2. The molecule has 3 aliphatic heterocycles. The second kappa shape index (κ2) is 8.84. The Balaban J connectivity index is 1.49. The summed E-state index contributed by atoms with van der Waals surface area (Å²) in [6.45, 7) is 10.4. The summed E-state index contributed by atoms with van der Waals surface area (Å²) in [6.07, 6.45) is 2.16. The van der Waals surface area contributed by atoms with Crippen LogP contribution >= 0.6 is 0 Å². The van der Waals surface area contributed by atoms with Crippen molar-refractivity contribution in [2.75, 3.05) is 39.3 Å². The maximum absolute atomic E-state index is 13.5. The lowest BCUT2D eigenvalue weighted by Crippen LogP contribution is -2.54. The van der Waals surface area contributed by atoms with Gasteiger partial charge in [-0.15, -0.1) is 0 Å². The quantitative estimate of drug-likeness (QED) is 0.835. The Bertz CT molecular complexity index is 744. The number of rotatable bonds is 4. The van der Waals surface area contributed by atoms with Crippen molar-refractivity contribution < 1.29 is 9.59 Å². The molecule has 6 nitrogen and oxygen atoms in total. The maximum atomic E-state index is 13.5. The van der Waals surface area contributed by atoms with E-state index in [0.29, 0.717) is 31.3 Å². The third-order valence-electron chi connectivity index (χ3n) is 6.58. The van der Waals surface area contributed by atoms with E-state index in [1.165, 1.54) is 11.1 Å². The van der Waals surface area contributed by atoms with Crippen molar-refractivity contribution in [3.05, 3.63) is 35.4 Å². The Labute approximate surface area is 174 Å². The molecule has 29 heavy (non-hydrogen) atoms. The summed E-state index contributed by atoms with van der Waals surface area (Å²) in [5, 5.41) is 3.40. The molecule has 0 bridgehead atoms. The standard InChI is InChI=1S/C23H34N4O2/c1-17(2)13-22(28)27-15-19-6-4-3-5-18(19)14-21(27)23(29)26-10-7-20(16-26)25-11-8-24-9-12-25/h3-6,17,20-21,24H,7-16H2,1-2H3. The molecule has 0 aliphatic carbocycles. The second-order valence-corrected chi connectivity index (χ2v) is 9.12. The summed E-state index contributed by atoms with van der Waals surface area (Å²) in [5.41, 5.74) is 2.38. The van der Waals surface area contributed by atoms with Crippen molar-refractivity contribution in [3.63, 3.8) is 0 Å². The highest BCUT2D eigenvalue weighted by molar-refractivity contribution is 5.89. The van der Waals surface area contributed by atoms with Gasteiger partial charge in [0.1, 0.15) is 6.04 Å². The summed E-state index contributed by atoms with van der Waals surface area (Å²) < 4.78 is 0. The number of hydrogen-bond acceptors (Lipinski definition) is 4. The molecule has 0 aromatic heterocycles. The molecular weight excluding hydrogens is 364 g/mol. The molecule has 1 aromatic carbocycles. The highest BCUT2D eigenvalue weighted by Crippen LogP contribution is 2.27. The Morgan fingerprint density at radius 2 is 1.83 bits per heavy atom. The number of carbonyl (C=O) groups is 2. The van der Waals surface area contributed by atoms with Crippen molar-refractivity contribution in [3.8, 4) is 0 Å². The fourth-order valence-electron chi connectivity index (χ4n) is 4.97. The summed E-state index contributed by atoms with van der Waals surface area (Å²) >= 11 is 0. The van der Waals surface area contributed by atoms with Crippen LogP contribution < -0.4 is 5.32 Å². The lowest BCUT2D eigenvalue weighted by atomic mass is 9.92. The van der Waals surface area contributed by atoms with Crippen LogP contribution in [0, 0.1) is 5.92 Å². The molecule has 3 aliphatic rings. The Morgan fingerprint density at radius 1 is 1.10 bits per heavy atom. The molecule has 2 fully saturated rings. The van der Waals surface area contributed by atoms with Crippen molar-refractivity contribution in [1.29, 1.82) is 0 Å². The molecule has 1 N–H and O–H groups in total. The molecule has 2 unspecified atom stereocenters. The first-order chi connectivity index (χ1) is 14.0. The average Bonchev–Trinajstić information content (AvgIpc) is 3.22. The number of nitrogens with one attached hydrogen (secondary N) is 1. The molecule has 2 atom stereocenters. The minimum Gasteiger partial charge on any atom is -0.339 e. The molecule has 0 radical (unpaired) electrons. The van der Waals surface area contributed by atoms with E-state index in [1.807, 2.05) is 21.9 Å². The molecule has 158 valence electrons. The van der Waals surface area contributed by atoms with Crippen molar-refractivity contribution in [2.45, 2.75) is 51.7 Å². The minimum absolute atomic E-state index is 0.103. The zero-order valence-electron chi connectivity index (χ0n) is 17.8. The van der Waals surface area contributed by atoms with Gasteiger partial charge in [-0.3, -0.25) is 14.5 Å². The third-order valence-corrected chi connectivity index (χ3v) is 6.58. The Hall–Kier alpha value is -1.92. The Kier molecular flexibility index (Phi) is 6.20. The van der Waals surface area contributed by atoms with E-state index in [-0.39, 0.29) is 17.9 Å². The predicted octanol–water partition coefficient (Wildman–Crippen LogP) is 1.49. The van der Waals surface area contributed by atoms with Crippen LogP contribution in [0.2, 0.25) is 0 Å². The van der Waals surface area contributed by atoms with E-state index >= 15 is 0 Å². The van der Waals surface area contributed by atoms with E-state index in [0.717, 1.165) is 45.7 Å². The van der Waals surface area contributed by atoms with Crippen LogP contribution in [0.25, 0.3) is 0 Å². The van der Waals surface area contributed by atoms with E-state index in [1.54, 1.807) is 0 Å². The van der Waals surface area contributed by atoms with Crippen LogP contribution in [-0.4, -0.2) is 77.9 Å². The molecule has 6 heteroatoms. The van der Waals surface area contributed by atoms with Gasteiger partial charge >= 0.3 is 0 Å². The largest absolute Gasteiger partial charge is 0.339 e. The van der Waals surface area contributed by atoms with Crippen LogP contribution in [0.5, 0.6) is 0 Å². The van der Waals surface area contributed by atoms with E-state index < -0.39 is 0 Å². The fraction of sp³-hybridized carbons (Fsp3) is 0.652. The van der Waals surface area contributed by atoms with Crippen molar-refractivity contribution in [1.82, 2.24) is 20.0 Å². The van der Waals surface area contributed by atoms with Crippen LogP contribution in [-0.2, 0) is 22.6 Å². The van der Waals surface area contributed by atoms with Gasteiger partial charge in [-0.05, 0) is 23.5 Å². The first-order valence-electron chi connectivity index (χ1n) is 11.1. The lowest BCUT2D eigenvalue weighted by molar-refractivity contribution is -0.147. The highest BCUT2D eigenvalue weighted by Gasteiger charge is 2.39. The van der Waals surface area contributed by atoms with E-state index in [4.69, 9.17) is 0 Å². The Morgan fingerprint density at radius 3 is 2.55 bits per heavy atom. The van der Waals surface area contributed by atoms with Gasteiger partial charge in [-0.1, -0.05) is 38.1 Å². The number of piperazine rings is 1. The molecule has 2 saturated heterocycles. The number of benzene rings is 1. The third kappa shape index (κ3) is 4.48. The minimum atomic E-state index is -0.363. The normalized spacial score (nSPS) is 25.3. The number of fused-ring (bicyclic) bond motifs is 1. The molecule has 3 heterocycles. The number of hydrogen-bond donors (Lipinski definition) is 1. The summed E-state index contributed by atoms with van der Waals surface area (Å²) in [5.74, 6) is 0.527. The smallest absolute Gasteiger partial charge is 0.245 e. The van der Waals surface area contributed by atoms with E-state index in [9.17, 15) is 9.59 Å². The van der Waals surface area contributed by atoms with Gasteiger partial charge < -0.3 is 15.1 Å². The van der Waals surface area contributed by atoms with Crippen molar-refractivity contribution in [2.24, 2.45) is 5.92 Å². The zero-order chi connectivity index (χ0) is 20.4. The predicted molar refractivity (Wildman–Crippen MR) is 113 cm³/mol. The maximum Gasteiger partial charge on any atom is 0.245 e. The zero-order valence-corrected chi connectivity index (χ0v) is 17.8. The van der Waals surface area contributed by atoms with Gasteiger partial charge in [0.2, 0.25) is 11.8 Å². The lowest BCUT2D eigenvalue weighted by Gasteiger charge is -2.38. The van der Waals surface area contributed by atoms with Gasteiger partial charge in [0.05, 0.1) is 0 Å². The molecule has 1 aromatic rings. The van der Waals surface area contributed by atoms with E-state index in [2.05, 4.69) is 36.2 Å². The van der Waals surface area contributed by atoms with Gasteiger partial charge in [0.15, 0.2) is 0 Å². The van der Waals surface area contributed by atoms with Gasteiger partial charge in [-0.2, -0.15) is 0 Å². The highest BCUT2D eigenvalue weighted by atomic mass is 16.2. The average molecular weight is 399 g/mol. The molecule has 0 spiro atoms. The second-order valence-electron chi connectivity index (χ2n) is 9.12. The molecule has 4 rings (SSSR count). The van der Waals surface area contributed by atoms with Crippen LogP contribution in [0.1, 0.15) is 37.8 Å². The summed E-state index contributed by atoms with van der Waals surface area (Å²) in [4.78, 5) is 32.9. The topological polar surface area (TPSA) is 55.9 Å².